The lowest BCUT2D eigenvalue weighted by atomic mass is 10.1. The van der Waals surface area contributed by atoms with Crippen LogP contribution in [0.3, 0.4) is 0 Å². The minimum atomic E-state index is -3.12. The summed E-state index contributed by atoms with van der Waals surface area (Å²) in [7, 11) is -1.58. The minimum Gasteiger partial charge on any atom is -0.395 e. The van der Waals surface area contributed by atoms with Gasteiger partial charge in [-0.25, -0.2) is 8.42 Å². The summed E-state index contributed by atoms with van der Waals surface area (Å²) >= 11 is 0. The van der Waals surface area contributed by atoms with Crippen LogP contribution in [0.2, 0.25) is 0 Å². The van der Waals surface area contributed by atoms with E-state index in [1.165, 1.54) is 17.3 Å². The van der Waals surface area contributed by atoms with Gasteiger partial charge < -0.3 is 10.0 Å². The SMILES string of the molecule is CN(CCS(C)(=O)=O)C(=O)c1ccncc1C#CCCO. The summed E-state index contributed by atoms with van der Waals surface area (Å²) in [5.74, 6) is 5.12. The van der Waals surface area contributed by atoms with Gasteiger partial charge in [-0.1, -0.05) is 11.8 Å². The molecule has 0 fully saturated rings. The highest BCUT2D eigenvalue weighted by Gasteiger charge is 2.16. The highest BCUT2D eigenvalue weighted by molar-refractivity contribution is 7.90. The fraction of sp³-hybridized carbons (Fsp3) is 0.429. The molecule has 0 spiro atoms. The van der Waals surface area contributed by atoms with E-state index in [1.807, 2.05) is 0 Å². The van der Waals surface area contributed by atoms with Gasteiger partial charge in [0.15, 0.2) is 0 Å². The molecule has 0 aliphatic heterocycles. The van der Waals surface area contributed by atoms with Crippen LogP contribution in [0.25, 0.3) is 0 Å². The molecule has 0 atom stereocenters. The van der Waals surface area contributed by atoms with Gasteiger partial charge in [0.05, 0.1) is 23.5 Å². The quantitative estimate of drug-likeness (QED) is 0.769. The van der Waals surface area contributed by atoms with Crippen LogP contribution in [-0.4, -0.2) is 61.5 Å². The Hall–Kier alpha value is -1.91. The first kappa shape index (κ1) is 17.1. The van der Waals surface area contributed by atoms with Crippen molar-refractivity contribution in [1.82, 2.24) is 9.88 Å². The Labute approximate surface area is 124 Å². The number of hydrogen-bond donors (Lipinski definition) is 1. The van der Waals surface area contributed by atoms with Gasteiger partial charge in [-0.05, 0) is 6.07 Å². The monoisotopic (exact) mass is 310 g/mol. The Bertz CT molecular complexity index is 659. The normalized spacial score (nSPS) is 10.6. The number of carbonyl (C=O) groups excluding carboxylic acids is 1. The van der Waals surface area contributed by atoms with Crippen LogP contribution < -0.4 is 0 Å². The van der Waals surface area contributed by atoms with Gasteiger partial charge in [0, 0.05) is 38.7 Å². The third kappa shape index (κ3) is 5.94. The van der Waals surface area contributed by atoms with Crippen molar-refractivity contribution in [2.45, 2.75) is 6.42 Å². The molecule has 1 aromatic rings. The Morgan fingerprint density at radius 3 is 2.81 bits per heavy atom. The second-order valence-electron chi connectivity index (χ2n) is 4.55. The van der Waals surface area contributed by atoms with E-state index in [9.17, 15) is 13.2 Å². The van der Waals surface area contributed by atoms with Gasteiger partial charge >= 0.3 is 0 Å². The van der Waals surface area contributed by atoms with Crippen LogP contribution in [0.1, 0.15) is 22.3 Å². The molecule has 7 heteroatoms. The molecule has 0 bridgehead atoms. The van der Waals surface area contributed by atoms with Crippen molar-refractivity contribution in [2.75, 3.05) is 32.2 Å². The van der Waals surface area contributed by atoms with E-state index in [-0.39, 0.29) is 24.8 Å². The van der Waals surface area contributed by atoms with Crippen molar-refractivity contribution in [1.29, 1.82) is 0 Å². The summed E-state index contributed by atoms with van der Waals surface area (Å²) in [5.41, 5.74) is 0.827. The molecule has 0 aromatic carbocycles. The van der Waals surface area contributed by atoms with E-state index >= 15 is 0 Å². The average Bonchev–Trinajstić information content (AvgIpc) is 2.44. The second-order valence-corrected chi connectivity index (χ2v) is 6.81. The smallest absolute Gasteiger partial charge is 0.255 e. The van der Waals surface area contributed by atoms with Crippen molar-refractivity contribution < 1.29 is 18.3 Å². The first-order valence-corrected chi connectivity index (χ1v) is 8.38. The van der Waals surface area contributed by atoms with Gasteiger partial charge in [-0.15, -0.1) is 0 Å². The number of aromatic nitrogens is 1. The zero-order valence-corrected chi connectivity index (χ0v) is 12.9. The zero-order valence-electron chi connectivity index (χ0n) is 12.0. The molecule has 1 N–H and O–H groups in total. The molecule has 21 heavy (non-hydrogen) atoms. The van der Waals surface area contributed by atoms with E-state index in [1.54, 1.807) is 13.1 Å². The molecule has 0 radical (unpaired) electrons. The zero-order chi connectivity index (χ0) is 15.9. The summed E-state index contributed by atoms with van der Waals surface area (Å²) in [4.78, 5) is 17.6. The highest BCUT2D eigenvalue weighted by Crippen LogP contribution is 2.09. The van der Waals surface area contributed by atoms with E-state index in [0.717, 1.165) is 6.26 Å². The van der Waals surface area contributed by atoms with Crippen molar-refractivity contribution in [3.8, 4) is 11.8 Å². The largest absolute Gasteiger partial charge is 0.395 e. The number of pyridine rings is 1. The van der Waals surface area contributed by atoms with Crippen molar-refractivity contribution >= 4 is 15.7 Å². The van der Waals surface area contributed by atoms with Crippen LogP contribution in [0.15, 0.2) is 18.5 Å². The number of carbonyl (C=O) groups is 1. The standard InChI is InChI=1S/C14H18N2O4S/c1-16(8-10-21(2,19)20)14(18)13-6-7-15-11-12(13)5-3-4-9-17/h6-7,11,17H,4,8-10H2,1-2H3. The first-order chi connectivity index (χ1) is 9.85. The molecule has 0 saturated heterocycles. The van der Waals surface area contributed by atoms with Crippen LogP contribution in [0.5, 0.6) is 0 Å². The van der Waals surface area contributed by atoms with Crippen molar-refractivity contribution in [3.63, 3.8) is 0 Å². The Morgan fingerprint density at radius 1 is 1.48 bits per heavy atom. The van der Waals surface area contributed by atoms with Crippen LogP contribution in [0, 0.1) is 11.8 Å². The summed E-state index contributed by atoms with van der Waals surface area (Å²) in [6, 6.07) is 1.54. The molecule has 0 saturated carbocycles. The number of sulfone groups is 1. The van der Waals surface area contributed by atoms with Gasteiger partial charge in [0.25, 0.3) is 5.91 Å². The predicted octanol–water partition coefficient (Wildman–Crippen LogP) is -0.0679. The molecule has 0 aliphatic carbocycles. The summed E-state index contributed by atoms with van der Waals surface area (Å²) in [6.07, 6.45) is 4.40. The van der Waals surface area contributed by atoms with Crippen LogP contribution in [0.4, 0.5) is 0 Å². The maximum atomic E-state index is 12.3. The third-order valence-electron chi connectivity index (χ3n) is 2.66. The van der Waals surface area contributed by atoms with E-state index in [2.05, 4.69) is 16.8 Å². The minimum absolute atomic E-state index is 0.0508. The summed E-state index contributed by atoms with van der Waals surface area (Å²) in [5, 5.41) is 8.71. The molecule has 1 amide bonds. The number of hydrogen-bond acceptors (Lipinski definition) is 5. The van der Waals surface area contributed by atoms with Gasteiger partial charge in [-0.3, -0.25) is 9.78 Å². The van der Waals surface area contributed by atoms with E-state index in [0.29, 0.717) is 17.5 Å². The lowest BCUT2D eigenvalue weighted by molar-refractivity contribution is 0.0803. The third-order valence-corrected chi connectivity index (χ3v) is 3.58. The topological polar surface area (TPSA) is 87.6 Å². The fourth-order valence-electron chi connectivity index (χ4n) is 1.50. The fourth-order valence-corrected chi connectivity index (χ4v) is 2.11. The lowest BCUT2D eigenvalue weighted by Crippen LogP contribution is -2.31. The Kier molecular flexibility index (Phi) is 6.34. The molecule has 0 aliphatic rings. The van der Waals surface area contributed by atoms with Crippen LogP contribution >= 0.6 is 0 Å². The van der Waals surface area contributed by atoms with E-state index < -0.39 is 9.84 Å². The lowest BCUT2D eigenvalue weighted by Gasteiger charge is -2.17. The molecule has 1 rings (SSSR count). The number of amides is 1. The molecule has 114 valence electrons. The number of aliphatic hydroxyl groups is 1. The van der Waals surface area contributed by atoms with Gasteiger partial charge in [-0.2, -0.15) is 0 Å². The molecule has 1 aromatic heterocycles. The first-order valence-electron chi connectivity index (χ1n) is 6.32. The van der Waals surface area contributed by atoms with Gasteiger partial charge in [0.2, 0.25) is 0 Å². The van der Waals surface area contributed by atoms with Crippen molar-refractivity contribution in [2.24, 2.45) is 0 Å². The number of aliphatic hydroxyl groups excluding tert-OH is 1. The van der Waals surface area contributed by atoms with Crippen LogP contribution in [-0.2, 0) is 9.84 Å². The molecular weight excluding hydrogens is 292 g/mol. The maximum absolute atomic E-state index is 12.3. The molecule has 6 nitrogen and oxygen atoms in total. The number of nitrogens with zero attached hydrogens (tertiary/aromatic N) is 2. The Morgan fingerprint density at radius 2 is 2.19 bits per heavy atom. The molecule has 1 heterocycles. The molecular formula is C14H18N2O4S. The predicted molar refractivity (Wildman–Crippen MR) is 79.5 cm³/mol. The van der Waals surface area contributed by atoms with Crippen molar-refractivity contribution in [3.05, 3.63) is 29.6 Å². The van der Waals surface area contributed by atoms with E-state index in [4.69, 9.17) is 5.11 Å². The molecule has 0 unspecified atom stereocenters. The summed E-state index contributed by atoms with van der Waals surface area (Å²) in [6.45, 7) is 0.0638. The average molecular weight is 310 g/mol. The highest BCUT2D eigenvalue weighted by atomic mass is 32.2. The number of rotatable bonds is 5. The van der Waals surface area contributed by atoms with Gasteiger partial charge in [0.1, 0.15) is 9.84 Å². The second kappa shape index (κ2) is 7.76. The Balaban J connectivity index is 2.90. The maximum Gasteiger partial charge on any atom is 0.255 e. The summed E-state index contributed by atoms with van der Waals surface area (Å²) < 4.78 is 22.3.